The topological polar surface area (TPSA) is 52.6 Å². The van der Waals surface area contributed by atoms with Crippen LogP contribution < -0.4 is 0 Å². The first-order valence-electron chi connectivity index (χ1n) is 9.54. The Morgan fingerprint density at radius 1 is 1.21 bits per heavy atom. The maximum Gasteiger partial charge on any atom is 0.338 e. The van der Waals surface area contributed by atoms with Crippen LogP contribution in [-0.4, -0.2) is 53.7 Å². The van der Waals surface area contributed by atoms with Crippen molar-refractivity contribution in [1.29, 1.82) is 0 Å². The van der Waals surface area contributed by atoms with Gasteiger partial charge in [-0.25, -0.2) is 4.79 Å². The zero-order valence-electron chi connectivity index (χ0n) is 16.1. The predicted molar refractivity (Wildman–Crippen MR) is 114 cm³/mol. The van der Waals surface area contributed by atoms with Gasteiger partial charge in [0.2, 0.25) is 0 Å². The lowest BCUT2D eigenvalue weighted by molar-refractivity contribution is 0.0529. The zero-order valence-corrected chi connectivity index (χ0v) is 17.6. The van der Waals surface area contributed by atoms with Gasteiger partial charge in [-0.3, -0.25) is 0 Å². The Labute approximate surface area is 175 Å². The van der Waals surface area contributed by atoms with Crippen LogP contribution in [0.3, 0.4) is 0 Å². The highest BCUT2D eigenvalue weighted by atomic mass is 35.5. The van der Waals surface area contributed by atoms with Gasteiger partial charge in [0, 0.05) is 17.5 Å². The van der Waals surface area contributed by atoms with Gasteiger partial charge in [0.1, 0.15) is 18.1 Å². The number of nitrogens with zero attached hydrogens (tertiary/aromatic N) is 1. The Bertz CT molecular complexity index is 756. The van der Waals surface area contributed by atoms with Crippen LogP contribution in [0.4, 0.5) is 0 Å². The molecule has 0 bridgehead atoms. The molecule has 1 aliphatic rings. The summed E-state index contributed by atoms with van der Waals surface area (Å²) in [6.45, 7) is 2.13. The summed E-state index contributed by atoms with van der Waals surface area (Å²) < 4.78 is 17.9. The monoisotopic (exact) mass is 419 g/mol. The van der Waals surface area contributed by atoms with Gasteiger partial charge in [-0.1, -0.05) is 41.9 Å². The number of carbonyl (C=O) groups excluding carboxylic acids is 1. The molecular formula is C22H26ClNO3S. The van der Waals surface area contributed by atoms with Gasteiger partial charge in [-0.15, -0.1) is 0 Å². The highest BCUT2D eigenvalue weighted by molar-refractivity contribution is 7.91. The van der Waals surface area contributed by atoms with Crippen molar-refractivity contribution in [1.82, 2.24) is 4.90 Å². The molecule has 1 unspecified atom stereocenters. The summed E-state index contributed by atoms with van der Waals surface area (Å²) in [5.74, 6) is 1.30. The molecule has 1 saturated heterocycles. The molecule has 0 spiro atoms. The van der Waals surface area contributed by atoms with Crippen LogP contribution in [0.25, 0.3) is 0 Å². The van der Waals surface area contributed by atoms with E-state index in [1.54, 1.807) is 24.3 Å². The Hall–Kier alpha value is -1.53. The second kappa shape index (κ2) is 10.3. The minimum absolute atomic E-state index is 0.175. The molecule has 1 aliphatic heterocycles. The minimum Gasteiger partial charge on any atom is -0.616 e. The molecule has 6 heteroatoms. The van der Waals surface area contributed by atoms with Crippen molar-refractivity contribution in [2.45, 2.75) is 12.3 Å². The Balaban J connectivity index is 1.52. The van der Waals surface area contributed by atoms with Crippen LogP contribution in [0.5, 0.6) is 0 Å². The molecule has 3 atom stereocenters. The Morgan fingerprint density at radius 2 is 1.93 bits per heavy atom. The first-order chi connectivity index (χ1) is 13.5. The van der Waals surface area contributed by atoms with Crippen LogP contribution in [0.2, 0.25) is 5.02 Å². The number of piperidine rings is 1. The van der Waals surface area contributed by atoms with Gasteiger partial charge in [0.25, 0.3) is 0 Å². The lowest BCUT2D eigenvalue weighted by atomic mass is 9.81. The number of hydrogen-bond donors (Lipinski definition) is 0. The summed E-state index contributed by atoms with van der Waals surface area (Å²) in [4.78, 5) is 14.3. The summed E-state index contributed by atoms with van der Waals surface area (Å²) in [6.07, 6.45) is 1.04. The third-order valence-electron chi connectivity index (χ3n) is 5.19. The molecule has 1 fully saturated rings. The van der Waals surface area contributed by atoms with E-state index in [4.69, 9.17) is 16.3 Å². The number of esters is 1. The van der Waals surface area contributed by atoms with E-state index in [0.29, 0.717) is 28.9 Å². The van der Waals surface area contributed by atoms with Crippen molar-refractivity contribution in [2.75, 3.05) is 38.2 Å². The summed E-state index contributed by atoms with van der Waals surface area (Å²) in [5.41, 5.74) is 1.78. The molecule has 0 radical (unpaired) electrons. The van der Waals surface area contributed by atoms with Gasteiger partial charge in [0.05, 0.1) is 5.56 Å². The number of likely N-dealkylation sites (tertiary alicyclic amines) is 1. The van der Waals surface area contributed by atoms with E-state index in [0.717, 1.165) is 24.5 Å². The fourth-order valence-electron chi connectivity index (χ4n) is 3.74. The molecule has 0 aliphatic carbocycles. The molecule has 0 aromatic heterocycles. The predicted octanol–water partition coefficient (Wildman–Crippen LogP) is 3.98. The molecule has 1 heterocycles. The van der Waals surface area contributed by atoms with Crippen molar-refractivity contribution in [2.24, 2.45) is 5.92 Å². The molecule has 4 nitrogen and oxygen atoms in total. The van der Waals surface area contributed by atoms with E-state index in [9.17, 15) is 9.35 Å². The molecule has 2 aromatic carbocycles. The lowest BCUT2D eigenvalue weighted by Crippen LogP contribution is -2.40. The molecule has 150 valence electrons. The molecule has 0 saturated carbocycles. The van der Waals surface area contributed by atoms with E-state index < -0.39 is 11.2 Å². The van der Waals surface area contributed by atoms with Gasteiger partial charge in [-0.2, -0.15) is 0 Å². The maximum atomic E-state index is 12.6. The summed E-state index contributed by atoms with van der Waals surface area (Å²) in [6, 6.07) is 16.9. The van der Waals surface area contributed by atoms with Gasteiger partial charge >= 0.3 is 5.97 Å². The number of rotatable bonds is 7. The third-order valence-corrected chi connectivity index (χ3v) is 6.86. The smallest absolute Gasteiger partial charge is 0.338 e. The quantitative estimate of drug-likeness (QED) is 0.503. The second-order valence-electron chi connectivity index (χ2n) is 7.28. The molecule has 3 rings (SSSR count). The molecule has 28 heavy (non-hydrogen) atoms. The average molecular weight is 420 g/mol. The van der Waals surface area contributed by atoms with Crippen molar-refractivity contribution < 1.29 is 14.1 Å². The SMILES string of the molecule is CN1CC[C@H](c2ccc(Cl)cc2)[C@@H](C[S+]([O-])CCOC(=O)c2ccccc2)C1. The summed E-state index contributed by atoms with van der Waals surface area (Å²) in [5, 5.41) is 0.733. The second-order valence-corrected chi connectivity index (χ2v) is 9.34. The van der Waals surface area contributed by atoms with E-state index >= 15 is 0 Å². The van der Waals surface area contributed by atoms with E-state index in [1.807, 2.05) is 18.2 Å². The summed E-state index contributed by atoms with van der Waals surface area (Å²) >= 11 is 4.99. The van der Waals surface area contributed by atoms with Gasteiger partial charge in [-0.05, 0) is 66.9 Å². The van der Waals surface area contributed by atoms with E-state index in [1.165, 1.54) is 5.56 Å². The first kappa shape index (κ1) is 21.2. The van der Waals surface area contributed by atoms with Crippen LogP contribution in [0, 0.1) is 5.92 Å². The molecular weight excluding hydrogens is 394 g/mol. The first-order valence-corrected chi connectivity index (χ1v) is 11.4. The maximum absolute atomic E-state index is 12.6. The molecule has 2 aromatic rings. The average Bonchev–Trinajstić information content (AvgIpc) is 2.69. The van der Waals surface area contributed by atoms with Crippen molar-refractivity contribution in [3.05, 3.63) is 70.7 Å². The highest BCUT2D eigenvalue weighted by Gasteiger charge is 2.32. The van der Waals surface area contributed by atoms with Crippen molar-refractivity contribution >= 4 is 28.7 Å². The van der Waals surface area contributed by atoms with E-state index in [2.05, 4.69) is 24.1 Å². The fourth-order valence-corrected chi connectivity index (χ4v) is 5.12. The summed E-state index contributed by atoms with van der Waals surface area (Å²) in [7, 11) is 2.11. The highest BCUT2D eigenvalue weighted by Crippen LogP contribution is 2.34. The van der Waals surface area contributed by atoms with Gasteiger partial charge < -0.3 is 14.2 Å². The number of halogens is 1. The lowest BCUT2D eigenvalue weighted by Gasteiger charge is -2.37. The third kappa shape index (κ3) is 5.98. The number of carbonyl (C=O) groups is 1. The number of benzene rings is 2. The minimum atomic E-state index is -1.03. The Morgan fingerprint density at radius 3 is 2.64 bits per heavy atom. The van der Waals surface area contributed by atoms with Crippen LogP contribution in [0.1, 0.15) is 28.3 Å². The molecule has 0 amide bonds. The largest absolute Gasteiger partial charge is 0.616 e. The standard InChI is InChI=1S/C22H26ClNO3S/c1-24-12-11-21(17-7-9-20(23)10-8-17)19(15-24)16-28(26)14-13-27-22(25)18-5-3-2-4-6-18/h2-10,19,21H,11-16H2,1H3/t19-,21-,28?/m1/s1. The normalized spacial score (nSPS) is 21.2. The van der Waals surface area contributed by atoms with Crippen molar-refractivity contribution in [3.8, 4) is 0 Å². The Kier molecular flexibility index (Phi) is 7.80. The zero-order chi connectivity index (χ0) is 19.9. The van der Waals surface area contributed by atoms with Crippen molar-refractivity contribution in [3.63, 3.8) is 0 Å². The molecule has 0 N–H and O–H groups in total. The van der Waals surface area contributed by atoms with Crippen LogP contribution in [0.15, 0.2) is 54.6 Å². The van der Waals surface area contributed by atoms with Gasteiger partial charge in [0.15, 0.2) is 0 Å². The number of hydrogen-bond acceptors (Lipinski definition) is 4. The van der Waals surface area contributed by atoms with Crippen LogP contribution in [-0.2, 0) is 15.9 Å². The number of ether oxygens (including phenoxy) is 1. The fraction of sp³-hybridized carbons (Fsp3) is 0.409. The van der Waals surface area contributed by atoms with Crippen LogP contribution >= 0.6 is 11.6 Å². The van der Waals surface area contributed by atoms with E-state index in [-0.39, 0.29) is 12.6 Å².